The monoisotopic (exact) mass is 471 g/mol. The molecule has 0 aromatic heterocycles. The standard InChI is InChI=1S/C27H21NO7/c1-3-31-23-13-17(12-20-27(30)35-25(28-20)18-6-4-5-16(2)11-18)7-9-22(23)34-26(29)19-8-10-21-24(14-19)33-15-32-21/h4-14H,3,15H2,1-2H3. The van der Waals surface area contributed by atoms with Crippen LogP contribution in [0.25, 0.3) is 6.08 Å². The Kier molecular flexibility index (Phi) is 5.93. The largest absolute Gasteiger partial charge is 0.490 e. The highest BCUT2D eigenvalue weighted by Gasteiger charge is 2.24. The van der Waals surface area contributed by atoms with Gasteiger partial charge in [-0.25, -0.2) is 14.6 Å². The predicted molar refractivity (Wildman–Crippen MR) is 127 cm³/mol. The lowest BCUT2D eigenvalue weighted by molar-refractivity contribution is -0.129. The first-order valence-corrected chi connectivity index (χ1v) is 11.0. The van der Waals surface area contributed by atoms with Crippen molar-refractivity contribution in [2.24, 2.45) is 4.99 Å². The molecule has 3 aromatic carbocycles. The van der Waals surface area contributed by atoms with Crippen LogP contribution in [0.4, 0.5) is 0 Å². The number of rotatable bonds is 6. The Morgan fingerprint density at radius 1 is 1.03 bits per heavy atom. The number of hydrogen-bond acceptors (Lipinski definition) is 8. The number of carbonyl (C=O) groups excluding carboxylic acids is 2. The Morgan fingerprint density at radius 3 is 2.71 bits per heavy atom. The summed E-state index contributed by atoms with van der Waals surface area (Å²) in [7, 11) is 0. The van der Waals surface area contributed by atoms with Gasteiger partial charge in [0.25, 0.3) is 0 Å². The van der Waals surface area contributed by atoms with Crippen LogP contribution in [0.3, 0.4) is 0 Å². The lowest BCUT2D eigenvalue weighted by Crippen LogP contribution is -2.09. The third-order valence-corrected chi connectivity index (χ3v) is 5.27. The van der Waals surface area contributed by atoms with Crippen LogP contribution in [0.15, 0.2) is 71.4 Å². The molecule has 0 saturated carbocycles. The van der Waals surface area contributed by atoms with E-state index in [0.29, 0.717) is 35.0 Å². The van der Waals surface area contributed by atoms with Gasteiger partial charge in [0, 0.05) is 5.56 Å². The van der Waals surface area contributed by atoms with Gasteiger partial charge >= 0.3 is 11.9 Å². The van der Waals surface area contributed by atoms with Gasteiger partial charge in [-0.3, -0.25) is 0 Å². The molecule has 176 valence electrons. The van der Waals surface area contributed by atoms with Gasteiger partial charge in [0.15, 0.2) is 28.7 Å². The maximum atomic E-state index is 12.7. The van der Waals surface area contributed by atoms with Crippen molar-refractivity contribution in [1.29, 1.82) is 0 Å². The van der Waals surface area contributed by atoms with Gasteiger partial charge < -0.3 is 23.7 Å². The van der Waals surface area contributed by atoms with Crippen molar-refractivity contribution in [3.8, 4) is 23.0 Å². The van der Waals surface area contributed by atoms with Crippen molar-refractivity contribution in [2.75, 3.05) is 13.4 Å². The van der Waals surface area contributed by atoms with Crippen LogP contribution in [0.1, 0.15) is 34.0 Å². The number of cyclic esters (lactones) is 1. The smallest absolute Gasteiger partial charge is 0.363 e. The number of carbonyl (C=O) groups is 2. The third kappa shape index (κ3) is 4.72. The molecule has 8 heteroatoms. The van der Waals surface area contributed by atoms with Crippen molar-refractivity contribution in [2.45, 2.75) is 13.8 Å². The molecule has 0 radical (unpaired) electrons. The molecule has 5 rings (SSSR count). The molecule has 0 N–H and O–H groups in total. The lowest BCUT2D eigenvalue weighted by Gasteiger charge is -2.11. The quantitative estimate of drug-likeness (QED) is 0.293. The number of aliphatic imine (C=N–C) groups is 1. The third-order valence-electron chi connectivity index (χ3n) is 5.27. The summed E-state index contributed by atoms with van der Waals surface area (Å²) in [5.41, 5.74) is 2.87. The topological polar surface area (TPSA) is 92.7 Å². The summed E-state index contributed by atoms with van der Waals surface area (Å²) in [5, 5.41) is 0. The molecule has 2 heterocycles. The molecule has 0 unspecified atom stereocenters. The Bertz CT molecular complexity index is 1390. The summed E-state index contributed by atoms with van der Waals surface area (Å²) in [6, 6.07) is 17.4. The fraction of sp³-hybridized carbons (Fsp3) is 0.148. The van der Waals surface area contributed by atoms with Gasteiger partial charge in [0.2, 0.25) is 12.7 Å². The normalized spacial score (nSPS) is 15.1. The van der Waals surface area contributed by atoms with Crippen LogP contribution >= 0.6 is 0 Å². The summed E-state index contributed by atoms with van der Waals surface area (Å²) in [5.74, 6) is 0.803. The van der Waals surface area contributed by atoms with E-state index < -0.39 is 11.9 Å². The first-order chi connectivity index (χ1) is 17.0. The zero-order chi connectivity index (χ0) is 24.4. The number of nitrogens with zero attached hydrogens (tertiary/aromatic N) is 1. The van der Waals surface area contributed by atoms with Crippen molar-refractivity contribution in [1.82, 2.24) is 0 Å². The van der Waals surface area contributed by atoms with Crippen LogP contribution in [-0.2, 0) is 9.53 Å². The zero-order valence-electron chi connectivity index (χ0n) is 19.1. The fourth-order valence-corrected chi connectivity index (χ4v) is 3.62. The number of esters is 2. The number of fused-ring (bicyclic) bond motifs is 1. The average molecular weight is 471 g/mol. The summed E-state index contributed by atoms with van der Waals surface area (Å²) in [4.78, 5) is 29.4. The van der Waals surface area contributed by atoms with E-state index in [1.165, 1.54) is 0 Å². The molecule has 35 heavy (non-hydrogen) atoms. The number of benzene rings is 3. The molecule has 8 nitrogen and oxygen atoms in total. The summed E-state index contributed by atoms with van der Waals surface area (Å²) < 4.78 is 27.2. The summed E-state index contributed by atoms with van der Waals surface area (Å²) in [6.07, 6.45) is 1.59. The van der Waals surface area contributed by atoms with E-state index in [9.17, 15) is 9.59 Å². The maximum Gasteiger partial charge on any atom is 0.363 e. The predicted octanol–water partition coefficient (Wildman–Crippen LogP) is 4.69. The van der Waals surface area contributed by atoms with E-state index in [4.69, 9.17) is 23.7 Å². The SMILES string of the molecule is CCOc1cc(C=C2N=C(c3cccc(C)c3)OC2=O)ccc1OC(=O)c1ccc2c(c1)OCO2. The van der Waals surface area contributed by atoms with E-state index in [0.717, 1.165) is 11.1 Å². The minimum Gasteiger partial charge on any atom is -0.490 e. The first kappa shape index (κ1) is 22.2. The van der Waals surface area contributed by atoms with E-state index >= 15 is 0 Å². The van der Waals surface area contributed by atoms with Gasteiger partial charge in [0.1, 0.15) is 0 Å². The number of aryl methyl sites for hydroxylation is 1. The van der Waals surface area contributed by atoms with E-state index in [-0.39, 0.29) is 24.1 Å². The summed E-state index contributed by atoms with van der Waals surface area (Å²) in [6.45, 7) is 4.24. The van der Waals surface area contributed by atoms with Crippen LogP contribution < -0.4 is 18.9 Å². The van der Waals surface area contributed by atoms with Crippen LogP contribution in [0.5, 0.6) is 23.0 Å². The molecule has 0 aliphatic carbocycles. The number of hydrogen-bond donors (Lipinski definition) is 0. The molecule has 2 aliphatic rings. The van der Waals surface area contributed by atoms with E-state index in [1.807, 2.05) is 38.1 Å². The van der Waals surface area contributed by atoms with Crippen molar-refractivity contribution >= 4 is 23.9 Å². The zero-order valence-corrected chi connectivity index (χ0v) is 19.1. The van der Waals surface area contributed by atoms with Gasteiger partial charge in [0.05, 0.1) is 12.2 Å². The second-order valence-electron chi connectivity index (χ2n) is 7.80. The first-order valence-electron chi connectivity index (χ1n) is 11.0. The van der Waals surface area contributed by atoms with Crippen molar-refractivity contribution in [3.63, 3.8) is 0 Å². The lowest BCUT2D eigenvalue weighted by atomic mass is 10.1. The number of ether oxygens (including phenoxy) is 5. The molecule has 3 aromatic rings. The van der Waals surface area contributed by atoms with Gasteiger partial charge in [-0.1, -0.05) is 23.8 Å². The molecule has 2 aliphatic heterocycles. The Balaban J connectivity index is 1.39. The molecular weight excluding hydrogens is 450 g/mol. The average Bonchev–Trinajstić information content (AvgIpc) is 3.47. The minimum absolute atomic E-state index is 0.114. The van der Waals surface area contributed by atoms with E-state index in [1.54, 1.807) is 42.5 Å². The van der Waals surface area contributed by atoms with Crippen molar-refractivity contribution < 1.29 is 33.3 Å². The Labute approximate surface area is 201 Å². The fourth-order valence-electron chi connectivity index (χ4n) is 3.62. The van der Waals surface area contributed by atoms with Gasteiger partial charge in [-0.05, 0) is 68.0 Å². The summed E-state index contributed by atoms with van der Waals surface area (Å²) >= 11 is 0. The molecule has 0 bridgehead atoms. The molecule has 0 atom stereocenters. The molecule has 0 saturated heterocycles. The minimum atomic E-state index is -0.567. The highest BCUT2D eigenvalue weighted by atomic mass is 16.7. The molecule has 0 spiro atoms. The van der Waals surface area contributed by atoms with Crippen LogP contribution in [-0.4, -0.2) is 31.2 Å². The highest BCUT2D eigenvalue weighted by molar-refractivity contribution is 6.12. The highest BCUT2D eigenvalue weighted by Crippen LogP contribution is 2.34. The maximum absolute atomic E-state index is 12.7. The second-order valence-corrected chi connectivity index (χ2v) is 7.80. The van der Waals surface area contributed by atoms with Crippen LogP contribution in [0.2, 0.25) is 0 Å². The van der Waals surface area contributed by atoms with Crippen molar-refractivity contribution in [3.05, 3.63) is 88.6 Å². The molecule has 0 amide bonds. The second kappa shape index (κ2) is 9.34. The van der Waals surface area contributed by atoms with Gasteiger partial charge in [-0.15, -0.1) is 0 Å². The Hall–Kier alpha value is -4.59. The van der Waals surface area contributed by atoms with Crippen LogP contribution in [0, 0.1) is 6.92 Å². The molecular formula is C27H21NO7. The molecule has 0 fully saturated rings. The Morgan fingerprint density at radius 2 is 1.89 bits per heavy atom. The van der Waals surface area contributed by atoms with Gasteiger partial charge in [-0.2, -0.15) is 0 Å². The van der Waals surface area contributed by atoms with E-state index in [2.05, 4.69) is 4.99 Å².